The molecule has 0 aromatic heterocycles. The second kappa shape index (κ2) is 9.98. The van der Waals surface area contributed by atoms with E-state index in [0.717, 1.165) is 22.5 Å². The summed E-state index contributed by atoms with van der Waals surface area (Å²) >= 11 is 0. The van der Waals surface area contributed by atoms with Crippen LogP contribution in [0.25, 0.3) is 0 Å². The fraction of sp³-hybridized carbons (Fsp3) is 0.217. The van der Waals surface area contributed by atoms with Crippen molar-refractivity contribution in [3.05, 3.63) is 89.5 Å². The number of anilines is 2. The molecule has 5 nitrogen and oxygen atoms in total. The molecule has 0 bridgehead atoms. The molecule has 3 aromatic carbocycles. The van der Waals surface area contributed by atoms with Gasteiger partial charge in [0.05, 0.1) is 4.90 Å². The van der Waals surface area contributed by atoms with Gasteiger partial charge in [0.1, 0.15) is 0 Å². The first-order chi connectivity index (χ1) is 13.7. The fourth-order valence-corrected chi connectivity index (χ4v) is 4.17. The molecule has 0 fully saturated rings. The number of benzene rings is 3. The summed E-state index contributed by atoms with van der Waals surface area (Å²) in [6.07, 6.45) is 0. The fourth-order valence-electron chi connectivity index (χ4n) is 3.44. The van der Waals surface area contributed by atoms with Crippen LogP contribution >= 0.6 is 0 Å². The summed E-state index contributed by atoms with van der Waals surface area (Å²) in [4.78, 5) is 3.95. The van der Waals surface area contributed by atoms with E-state index in [2.05, 4.69) is 0 Å². The zero-order valence-electron chi connectivity index (χ0n) is 17.1. The molecule has 1 N–H and O–H groups in total. The summed E-state index contributed by atoms with van der Waals surface area (Å²) in [5.74, 6) is -0.333. The van der Waals surface area contributed by atoms with Crippen molar-refractivity contribution in [3.63, 3.8) is 0 Å². The molecule has 7 heteroatoms. The summed E-state index contributed by atoms with van der Waals surface area (Å²) in [5.41, 5.74) is 4.55. The Balaban J connectivity index is 0.00000320. The first-order valence-electron chi connectivity index (χ1n) is 9.29. The van der Waals surface area contributed by atoms with Crippen molar-refractivity contribution in [2.24, 2.45) is 0 Å². The average molecular weight is 435 g/mol. The molecule has 0 amide bonds. The summed E-state index contributed by atoms with van der Waals surface area (Å²) < 4.78 is 33.9. The van der Waals surface area contributed by atoms with E-state index in [1.54, 1.807) is 18.2 Å². The molecular formula is C23H27N2NaO3S. The van der Waals surface area contributed by atoms with Gasteiger partial charge in [-0.15, -0.1) is 0 Å². The van der Waals surface area contributed by atoms with Gasteiger partial charge in [0.25, 0.3) is 10.1 Å². The van der Waals surface area contributed by atoms with Gasteiger partial charge in [0, 0.05) is 45.5 Å². The number of nitrogens with zero attached hydrogens (tertiary/aromatic N) is 2. The Hall–Kier alpha value is -1.83. The molecular weight excluding hydrogens is 407 g/mol. The molecule has 3 rings (SSSR count). The van der Waals surface area contributed by atoms with Crippen molar-refractivity contribution >= 4 is 51.1 Å². The standard InChI is InChI=1S/C23H26N2O3S.Na.H/c1-24(2)19-13-9-17(10-14-19)23(18-11-15-20(16-12-18)25(3)4)21-7-5-6-8-22(21)29(26,27)28;;/h5-16,23H,1-4H3,(H,26,27,28);;. The SMILES string of the molecule is CN(C)c1ccc(C(c2ccc(N(C)C)cc2)c2ccccc2S(=O)(=O)O)cc1.[NaH]. The molecule has 30 heavy (non-hydrogen) atoms. The van der Waals surface area contributed by atoms with E-state index in [1.807, 2.05) is 86.5 Å². The summed E-state index contributed by atoms with van der Waals surface area (Å²) in [6.45, 7) is 0. The Morgan fingerprint density at radius 1 is 0.700 bits per heavy atom. The van der Waals surface area contributed by atoms with Gasteiger partial charge < -0.3 is 9.80 Å². The third-order valence-corrected chi connectivity index (χ3v) is 5.92. The predicted octanol–water partition coefficient (Wildman–Crippen LogP) is 3.60. The van der Waals surface area contributed by atoms with Crippen LogP contribution in [0, 0.1) is 0 Å². The van der Waals surface area contributed by atoms with Crippen LogP contribution in [-0.4, -0.2) is 70.7 Å². The quantitative estimate of drug-likeness (QED) is 0.365. The number of hydrogen-bond acceptors (Lipinski definition) is 4. The Morgan fingerprint density at radius 2 is 1.10 bits per heavy atom. The third kappa shape index (κ3) is 5.45. The van der Waals surface area contributed by atoms with E-state index in [0.29, 0.717) is 5.56 Å². The molecule has 0 spiro atoms. The van der Waals surface area contributed by atoms with E-state index < -0.39 is 10.1 Å². The zero-order chi connectivity index (χ0) is 21.2. The van der Waals surface area contributed by atoms with E-state index in [9.17, 15) is 13.0 Å². The van der Waals surface area contributed by atoms with Gasteiger partial charge in [-0.3, -0.25) is 4.55 Å². The first-order valence-corrected chi connectivity index (χ1v) is 10.7. The van der Waals surface area contributed by atoms with Crippen molar-refractivity contribution in [1.82, 2.24) is 0 Å². The minimum absolute atomic E-state index is 0. The van der Waals surface area contributed by atoms with Crippen molar-refractivity contribution in [3.8, 4) is 0 Å². The van der Waals surface area contributed by atoms with Crippen LogP contribution in [0.4, 0.5) is 11.4 Å². The van der Waals surface area contributed by atoms with Crippen LogP contribution in [0.15, 0.2) is 77.7 Å². The van der Waals surface area contributed by atoms with E-state index in [-0.39, 0.29) is 40.4 Å². The van der Waals surface area contributed by atoms with Gasteiger partial charge >= 0.3 is 29.6 Å². The Bertz CT molecular complexity index is 1030. The monoisotopic (exact) mass is 434 g/mol. The molecule has 0 unspecified atom stereocenters. The molecule has 0 aliphatic carbocycles. The van der Waals surface area contributed by atoms with Crippen molar-refractivity contribution in [2.45, 2.75) is 10.8 Å². The van der Waals surface area contributed by atoms with Gasteiger partial charge in [-0.05, 0) is 47.0 Å². The third-order valence-electron chi connectivity index (χ3n) is 4.99. The molecule has 0 heterocycles. The second-order valence-electron chi connectivity index (χ2n) is 7.42. The Morgan fingerprint density at radius 3 is 1.47 bits per heavy atom. The average Bonchev–Trinajstić information content (AvgIpc) is 2.68. The topological polar surface area (TPSA) is 60.9 Å². The first kappa shape index (κ1) is 24.4. The molecule has 154 valence electrons. The number of rotatable bonds is 6. The van der Waals surface area contributed by atoms with Gasteiger partial charge in [-0.2, -0.15) is 8.42 Å². The maximum absolute atomic E-state index is 12.0. The molecule has 0 saturated carbocycles. The summed E-state index contributed by atoms with van der Waals surface area (Å²) in [6, 6.07) is 22.6. The molecule has 0 atom stereocenters. The van der Waals surface area contributed by atoms with Gasteiger partial charge in [0.2, 0.25) is 0 Å². The molecule has 3 aromatic rings. The van der Waals surface area contributed by atoms with Crippen LogP contribution in [0.2, 0.25) is 0 Å². The van der Waals surface area contributed by atoms with E-state index in [1.165, 1.54) is 6.07 Å². The van der Waals surface area contributed by atoms with Crippen LogP contribution in [0.5, 0.6) is 0 Å². The van der Waals surface area contributed by atoms with Gasteiger partial charge in [0.15, 0.2) is 0 Å². The van der Waals surface area contributed by atoms with Crippen molar-refractivity contribution in [2.75, 3.05) is 38.0 Å². The van der Waals surface area contributed by atoms with Crippen LogP contribution in [0.3, 0.4) is 0 Å². The normalized spacial score (nSPS) is 11.1. The molecule has 0 aliphatic heterocycles. The summed E-state index contributed by atoms with van der Waals surface area (Å²) in [5, 5.41) is 0. The number of hydrogen-bond donors (Lipinski definition) is 1. The van der Waals surface area contributed by atoms with Crippen LogP contribution < -0.4 is 9.80 Å². The second-order valence-corrected chi connectivity index (χ2v) is 8.81. The maximum atomic E-state index is 12.0. The molecule has 0 aliphatic rings. The van der Waals surface area contributed by atoms with Crippen LogP contribution in [-0.2, 0) is 10.1 Å². The predicted molar refractivity (Wildman–Crippen MR) is 126 cm³/mol. The summed E-state index contributed by atoms with van der Waals surface area (Å²) in [7, 11) is 3.54. The van der Waals surface area contributed by atoms with Crippen molar-refractivity contribution in [1.29, 1.82) is 0 Å². The van der Waals surface area contributed by atoms with Gasteiger partial charge in [-0.1, -0.05) is 42.5 Å². The van der Waals surface area contributed by atoms with Crippen molar-refractivity contribution < 1.29 is 13.0 Å². The van der Waals surface area contributed by atoms with Gasteiger partial charge in [-0.25, -0.2) is 0 Å². The Labute approximate surface area is 201 Å². The molecule has 0 saturated heterocycles. The molecule has 0 radical (unpaired) electrons. The Kier molecular flexibility index (Phi) is 8.13. The zero-order valence-corrected chi connectivity index (χ0v) is 17.9. The minimum atomic E-state index is -4.35. The van der Waals surface area contributed by atoms with E-state index in [4.69, 9.17) is 0 Å². The van der Waals surface area contributed by atoms with E-state index >= 15 is 0 Å². The van der Waals surface area contributed by atoms with Crippen LogP contribution in [0.1, 0.15) is 22.6 Å².